The van der Waals surface area contributed by atoms with Crippen LogP contribution < -0.4 is 5.32 Å². The molecule has 4 rings (SSSR count). The fraction of sp³-hybridized carbons (Fsp3) is 0.500. The van der Waals surface area contributed by atoms with E-state index in [9.17, 15) is 4.79 Å². The van der Waals surface area contributed by atoms with Crippen LogP contribution in [0.4, 0.5) is 0 Å². The molecule has 2 fully saturated rings. The maximum atomic E-state index is 13.1. The molecule has 5 nitrogen and oxygen atoms in total. The standard InChI is InChI=1S/C20H25ClN4O/c1-13-3-6-16(11-18(13)21)25-19(14-4-5-14)17(12-23-25)20(26)24-9-7-15(22-2)8-10-24/h3,6,11-12,14-15,22H,4-5,7-10H2,1-2H3. The Bertz CT molecular complexity index is 819. The van der Waals surface area contributed by atoms with Crippen LogP contribution in [-0.2, 0) is 0 Å². The SMILES string of the molecule is CNC1CCN(C(=O)c2cnn(-c3ccc(C)c(Cl)c3)c2C2CC2)CC1. The van der Waals surface area contributed by atoms with Gasteiger partial charge in [0.25, 0.3) is 5.91 Å². The Hall–Kier alpha value is -1.85. The van der Waals surface area contributed by atoms with Gasteiger partial charge in [0.05, 0.1) is 23.1 Å². The number of nitrogens with one attached hydrogen (secondary N) is 1. The zero-order valence-corrected chi connectivity index (χ0v) is 16.1. The summed E-state index contributed by atoms with van der Waals surface area (Å²) in [5.41, 5.74) is 3.77. The first kappa shape index (κ1) is 17.6. The van der Waals surface area contributed by atoms with E-state index in [-0.39, 0.29) is 5.91 Å². The van der Waals surface area contributed by atoms with Crippen molar-refractivity contribution in [2.24, 2.45) is 0 Å². The monoisotopic (exact) mass is 372 g/mol. The number of aromatic nitrogens is 2. The second-order valence-corrected chi connectivity index (χ2v) is 7.83. The summed E-state index contributed by atoms with van der Waals surface area (Å²) in [7, 11) is 1.99. The zero-order chi connectivity index (χ0) is 18.3. The highest BCUT2D eigenvalue weighted by Gasteiger charge is 2.35. The third-order valence-corrected chi connectivity index (χ3v) is 6.00. The first-order valence-corrected chi connectivity index (χ1v) is 9.77. The van der Waals surface area contributed by atoms with E-state index < -0.39 is 0 Å². The van der Waals surface area contributed by atoms with Gasteiger partial charge < -0.3 is 10.2 Å². The van der Waals surface area contributed by atoms with E-state index in [0.29, 0.717) is 12.0 Å². The first-order valence-electron chi connectivity index (χ1n) is 9.39. The van der Waals surface area contributed by atoms with Crippen molar-refractivity contribution >= 4 is 17.5 Å². The summed E-state index contributed by atoms with van der Waals surface area (Å²) in [6, 6.07) is 6.47. The first-order chi connectivity index (χ1) is 12.6. The minimum absolute atomic E-state index is 0.117. The molecule has 0 atom stereocenters. The van der Waals surface area contributed by atoms with Gasteiger partial charge in [-0.05, 0) is 57.4 Å². The third kappa shape index (κ3) is 3.26. The molecule has 2 aromatic rings. The van der Waals surface area contributed by atoms with Crippen molar-refractivity contribution in [1.82, 2.24) is 20.0 Å². The maximum absolute atomic E-state index is 13.1. The van der Waals surface area contributed by atoms with Gasteiger partial charge in [-0.25, -0.2) is 4.68 Å². The van der Waals surface area contributed by atoms with Crippen molar-refractivity contribution in [3.8, 4) is 5.69 Å². The van der Waals surface area contributed by atoms with E-state index in [0.717, 1.165) is 66.3 Å². The van der Waals surface area contributed by atoms with Crippen LogP contribution in [0.1, 0.15) is 53.2 Å². The molecule has 0 spiro atoms. The highest BCUT2D eigenvalue weighted by molar-refractivity contribution is 6.31. The Morgan fingerprint density at radius 3 is 2.58 bits per heavy atom. The number of likely N-dealkylation sites (tertiary alicyclic amines) is 1. The minimum atomic E-state index is 0.117. The molecule has 26 heavy (non-hydrogen) atoms. The minimum Gasteiger partial charge on any atom is -0.338 e. The lowest BCUT2D eigenvalue weighted by Crippen LogP contribution is -2.44. The lowest BCUT2D eigenvalue weighted by Gasteiger charge is -2.31. The van der Waals surface area contributed by atoms with E-state index in [1.165, 1.54) is 0 Å². The maximum Gasteiger partial charge on any atom is 0.257 e. The largest absolute Gasteiger partial charge is 0.338 e. The third-order valence-electron chi connectivity index (χ3n) is 5.59. The Morgan fingerprint density at radius 2 is 1.96 bits per heavy atom. The van der Waals surface area contributed by atoms with Crippen LogP contribution in [0.25, 0.3) is 5.69 Å². The number of hydrogen-bond donors (Lipinski definition) is 1. The smallest absolute Gasteiger partial charge is 0.257 e. The van der Waals surface area contributed by atoms with Crippen molar-refractivity contribution in [2.75, 3.05) is 20.1 Å². The highest BCUT2D eigenvalue weighted by atomic mass is 35.5. The lowest BCUT2D eigenvalue weighted by atomic mass is 10.0. The van der Waals surface area contributed by atoms with Crippen LogP contribution >= 0.6 is 11.6 Å². The number of piperidine rings is 1. The fourth-order valence-corrected chi connectivity index (χ4v) is 3.91. The van der Waals surface area contributed by atoms with Gasteiger partial charge in [0.1, 0.15) is 0 Å². The molecule has 1 saturated heterocycles. The molecule has 1 saturated carbocycles. The van der Waals surface area contributed by atoms with Gasteiger partial charge in [-0.1, -0.05) is 17.7 Å². The van der Waals surface area contributed by atoms with Gasteiger partial charge in [-0.2, -0.15) is 5.10 Å². The van der Waals surface area contributed by atoms with Crippen LogP contribution in [0.2, 0.25) is 5.02 Å². The molecule has 0 bridgehead atoms. The van der Waals surface area contributed by atoms with Gasteiger partial charge in [-0.3, -0.25) is 4.79 Å². The molecular weight excluding hydrogens is 348 g/mol. The highest BCUT2D eigenvalue weighted by Crippen LogP contribution is 2.43. The second-order valence-electron chi connectivity index (χ2n) is 7.42. The normalized spacial score (nSPS) is 18.3. The van der Waals surface area contributed by atoms with Gasteiger partial charge >= 0.3 is 0 Å². The van der Waals surface area contributed by atoms with Crippen LogP contribution in [0.5, 0.6) is 0 Å². The molecular formula is C20H25ClN4O. The van der Waals surface area contributed by atoms with Gasteiger partial charge in [0.2, 0.25) is 0 Å². The van der Waals surface area contributed by atoms with Crippen molar-refractivity contribution < 1.29 is 4.79 Å². The molecule has 138 valence electrons. The quantitative estimate of drug-likeness (QED) is 0.893. The summed E-state index contributed by atoms with van der Waals surface area (Å²) in [6.07, 6.45) is 5.99. The summed E-state index contributed by atoms with van der Waals surface area (Å²) >= 11 is 6.31. The molecule has 2 heterocycles. The average molecular weight is 373 g/mol. The predicted molar refractivity (Wildman–Crippen MR) is 103 cm³/mol. The second kappa shape index (κ2) is 7.05. The molecule has 1 aliphatic heterocycles. The zero-order valence-electron chi connectivity index (χ0n) is 15.3. The number of carbonyl (C=O) groups is 1. The molecule has 6 heteroatoms. The number of benzene rings is 1. The molecule has 0 unspecified atom stereocenters. The van der Waals surface area contributed by atoms with Gasteiger partial charge in [-0.15, -0.1) is 0 Å². The molecule has 1 amide bonds. The van der Waals surface area contributed by atoms with Crippen LogP contribution in [0.15, 0.2) is 24.4 Å². The molecule has 0 radical (unpaired) electrons. The lowest BCUT2D eigenvalue weighted by molar-refractivity contribution is 0.0706. The topological polar surface area (TPSA) is 50.2 Å². The van der Waals surface area contributed by atoms with Crippen molar-refractivity contribution in [3.63, 3.8) is 0 Å². The van der Waals surface area contributed by atoms with Crippen LogP contribution in [0.3, 0.4) is 0 Å². The molecule has 1 aromatic heterocycles. The number of amides is 1. The number of carbonyl (C=O) groups excluding carboxylic acids is 1. The van der Waals surface area contributed by atoms with Gasteiger partial charge in [0, 0.05) is 30.1 Å². The fourth-order valence-electron chi connectivity index (χ4n) is 3.73. The summed E-state index contributed by atoms with van der Waals surface area (Å²) < 4.78 is 1.91. The molecule has 1 aromatic carbocycles. The predicted octanol–water partition coefficient (Wildman–Crippen LogP) is 3.54. The van der Waals surface area contributed by atoms with Crippen molar-refractivity contribution in [3.05, 3.63) is 46.2 Å². The van der Waals surface area contributed by atoms with Crippen molar-refractivity contribution in [2.45, 2.75) is 44.6 Å². The van der Waals surface area contributed by atoms with Gasteiger partial charge in [0.15, 0.2) is 0 Å². The van der Waals surface area contributed by atoms with Crippen LogP contribution in [0, 0.1) is 6.92 Å². The Morgan fingerprint density at radius 1 is 1.23 bits per heavy atom. The van der Waals surface area contributed by atoms with E-state index in [1.54, 1.807) is 6.20 Å². The van der Waals surface area contributed by atoms with E-state index in [1.807, 2.05) is 41.8 Å². The Balaban J connectivity index is 1.64. The number of rotatable bonds is 4. The van der Waals surface area contributed by atoms with E-state index >= 15 is 0 Å². The van der Waals surface area contributed by atoms with E-state index in [4.69, 9.17) is 11.6 Å². The Kier molecular flexibility index (Phi) is 4.76. The van der Waals surface area contributed by atoms with Crippen LogP contribution in [-0.4, -0.2) is 46.8 Å². The molecule has 1 N–H and O–H groups in total. The number of aryl methyl sites for hydroxylation is 1. The molecule has 2 aliphatic rings. The average Bonchev–Trinajstić information content (AvgIpc) is 3.41. The number of hydrogen-bond acceptors (Lipinski definition) is 3. The summed E-state index contributed by atoms with van der Waals surface area (Å²) in [5, 5.41) is 8.60. The Labute approximate surface area is 159 Å². The summed E-state index contributed by atoms with van der Waals surface area (Å²) in [5.74, 6) is 0.539. The van der Waals surface area contributed by atoms with E-state index in [2.05, 4.69) is 10.4 Å². The molecule has 1 aliphatic carbocycles. The summed E-state index contributed by atoms with van der Waals surface area (Å²) in [6.45, 7) is 3.59. The van der Waals surface area contributed by atoms with Crippen molar-refractivity contribution in [1.29, 1.82) is 0 Å². The number of nitrogens with zero attached hydrogens (tertiary/aromatic N) is 3. The summed E-state index contributed by atoms with van der Waals surface area (Å²) in [4.78, 5) is 15.1. The number of halogens is 1.